The van der Waals surface area contributed by atoms with E-state index in [0.29, 0.717) is 43.3 Å². The topological polar surface area (TPSA) is 89.9 Å². The van der Waals surface area contributed by atoms with Crippen molar-refractivity contribution in [3.05, 3.63) is 83.1 Å². The number of aryl methyl sites for hydroxylation is 1. The predicted molar refractivity (Wildman–Crippen MR) is 113 cm³/mol. The Kier molecular flexibility index (Phi) is 5.03. The first-order valence-electron chi connectivity index (χ1n) is 10.3. The molecule has 0 atom stereocenters. The summed E-state index contributed by atoms with van der Waals surface area (Å²) < 4.78 is 7.40. The summed E-state index contributed by atoms with van der Waals surface area (Å²) in [4.78, 5) is 23.4. The van der Waals surface area contributed by atoms with Crippen LogP contribution in [0.1, 0.15) is 28.2 Å². The highest BCUT2D eigenvalue weighted by Gasteiger charge is 2.29. The molecular weight excluding hydrogens is 392 g/mol. The Hall–Kier alpha value is -3.81. The first kappa shape index (κ1) is 19.2. The molecule has 3 aromatic heterocycles. The molecule has 4 heterocycles. The molecule has 156 valence electrons. The monoisotopic (exact) mass is 414 g/mol. The number of pyridine rings is 1. The molecule has 0 N–H and O–H groups in total. The van der Waals surface area contributed by atoms with E-state index >= 15 is 0 Å². The van der Waals surface area contributed by atoms with E-state index in [2.05, 4.69) is 20.2 Å². The van der Waals surface area contributed by atoms with Crippen LogP contribution in [0.2, 0.25) is 0 Å². The summed E-state index contributed by atoms with van der Waals surface area (Å²) in [5.41, 5.74) is 4.76. The second kappa shape index (κ2) is 8.14. The van der Waals surface area contributed by atoms with Crippen molar-refractivity contribution in [1.82, 2.24) is 29.8 Å². The number of carbonyl (C=O) groups is 1. The molecular formula is C23H22N6O2. The number of hydrogen-bond acceptors (Lipinski definition) is 6. The van der Waals surface area contributed by atoms with Crippen LogP contribution in [0.4, 0.5) is 0 Å². The number of hydrogen-bond donors (Lipinski definition) is 0. The minimum absolute atomic E-state index is 0.0729. The van der Waals surface area contributed by atoms with Gasteiger partial charge in [0.25, 0.3) is 5.89 Å². The highest BCUT2D eigenvalue weighted by Crippen LogP contribution is 2.29. The Morgan fingerprint density at radius 3 is 2.77 bits per heavy atom. The van der Waals surface area contributed by atoms with E-state index in [0.717, 1.165) is 28.8 Å². The van der Waals surface area contributed by atoms with Crippen molar-refractivity contribution in [3.63, 3.8) is 0 Å². The molecule has 0 saturated carbocycles. The largest absolute Gasteiger partial charge is 0.338 e. The molecule has 4 aromatic rings. The molecule has 31 heavy (non-hydrogen) atoms. The summed E-state index contributed by atoms with van der Waals surface area (Å²) in [7, 11) is 1.91. The minimum atomic E-state index is 0.0729. The van der Waals surface area contributed by atoms with Crippen molar-refractivity contribution < 1.29 is 9.32 Å². The van der Waals surface area contributed by atoms with Crippen molar-refractivity contribution in [2.75, 3.05) is 6.54 Å². The second-order valence-corrected chi connectivity index (χ2v) is 7.68. The third-order valence-corrected chi connectivity index (χ3v) is 5.55. The molecule has 0 fully saturated rings. The number of nitrogens with zero attached hydrogens (tertiary/aromatic N) is 6. The van der Waals surface area contributed by atoms with Gasteiger partial charge in [0.15, 0.2) is 11.5 Å². The number of fused-ring (bicyclic) bond motifs is 1. The van der Waals surface area contributed by atoms with Gasteiger partial charge in [0, 0.05) is 56.6 Å². The molecule has 5 rings (SSSR count). The average Bonchev–Trinajstić information content (AvgIpc) is 3.39. The van der Waals surface area contributed by atoms with Crippen molar-refractivity contribution >= 4 is 5.91 Å². The molecule has 0 bridgehead atoms. The van der Waals surface area contributed by atoms with Gasteiger partial charge in [0.1, 0.15) is 0 Å². The number of rotatable bonds is 5. The Morgan fingerprint density at radius 1 is 1.13 bits per heavy atom. The zero-order chi connectivity index (χ0) is 21.2. The van der Waals surface area contributed by atoms with Crippen LogP contribution in [0.25, 0.3) is 11.6 Å². The van der Waals surface area contributed by atoms with Gasteiger partial charge in [-0.1, -0.05) is 41.6 Å². The molecule has 1 aliphatic heterocycles. The molecule has 1 amide bonds. The Bertz CT molecular complexity index is 1200. The Morgan fingerprint density at radius 2 is 1.97 bits per heavy atom. The number of benzene rings is 1. The van der Waals surface area contributed by atoms with Crippen LogP contribution >= 0.6 is 0 Å². The quantitative estimate of drug-likeness (QED) is 0.499. The summed E-state index contributed by atoms with van der Waals surface area (Å²) in [5, 5.41) is 8.77. The summed E-state index contributed by atoms with van der Waals surface area (Å²) in [5.74, 6) is 1.08. The van der Waals surface area contributed by atoms with Gasteiger partial charge in [-0.05, 0) is 17.2 Å². The molecule has 0 aliphatic carbocycles. The van der Waals surface area contributed by atoms with Gasteiger partial charge in [-0.15, -0.1) is 0 Å². The lowest BCUT2D eigenvalue weighted by Crippen LogP contribution is -2.37. The molecule has 1 aromatic carbocycles. The number of aromatic nitrogens is 5. The van der Waals surface area contributed by atoms with E-state index < -0.39 is 0 Å². The molecule has 0 unspecified atom stereocenters. The maximum absolute atomic E-state index is 12.9. The van der Waals surface area contributed by atoms with Gasteiger partial charge in [0.05, 0.1) is 6.42 Å². The highest BCUT2D eigenvalue weighted by molar-refractivity contribution is 5.79. The minimum Gasteiger partial charge on any atom is -0.338 e. The SMILES string of the molecule is Cn1nc(-c2nc(Cc3ccccc3)no2)c2c1CCN(C(=O)Cc1cccnc1)C2. The molecule has 0 saturated heterocycles. The predicted octanol–water partition coefficient (Wildman–Crippen LogP) is 2.58. The smallest absolute Gasteiger partial charge is 0.278 e. The van der Waals surface area contributed by atoms with E-state index in [1.807, 2.05) is 59.1 Å². The van der Waals surface area contributed by atoms with Gasteiger partial charge >= 0.3 is 0 Å². The zero-order valence-electron chi connectivity index (χ0n) is 17.2. The average molecular weight is 414 g/mol. The maximum Gasteiger partial charge on any atom is 0.278 e. The van der Waals surface area contributed by atoms with Gasteiger partial charge in [-0.3, -0.25) is 14.5 Å². The van der Waals surface area contributed by atoms with Crippen molar-refractivity contribution in [2.24, 2.45) is 7.05 Å². The maximum atomic E-state index is 12.9. The van der Waals surface area contributed by atoms with Gasteiger partial charge in [-0.2, -0.15) is 10.1 Å². The van der Waals surface area contributed by atoms with Crippen molar-refractivity contribution in [2.45, 2.75) is 25.8 Å². The lowest BCUT2D eigenvalue weighted by atomic mass is 10.0. The van der Waals surface area contributed by atoms with E-state index in [1.165, 1.54) is 0 Å². The number of carbonyl (C=O) groups excluding carboxylic acids is 1. The fraction of sp³-hybridized carbons (Fsp3) is 0.261. The molecule has 0 radical (unpaired) electrons. The van der Waals surface area contributed by atoms with Crippen LogP contribution in [0.5, 0.6) is 0 Å². The fourth-order valence-electron chi connectivity index (χ4n) is 3.97. The van der Waals surface area contributed by atoms with Crippen LogP contribution in [-0.4, -0.2) is 42.3 Å². The third-order valence-electron chi connectivity index (χ3n) is 5.55. The van der Waals surface area contributed by atoms with Crippen molar-refractivity contribution in [1.29, 1.82) is 0 Å². The van der Waals surface area contributed by atoms with E-state index in [4.69, 9.17) is 4.52 Å². The summed E-state index contributed by atoms with van der Waals surface area (Å²) in [6.45, 7) is 1.14. The number of amides is 1. The van der Waals surface area contributed by atoms with Crippen molar-refractivity contribution in [3.8, 4) is 11.6 Å². The van der Waals surface area contributed by atoms with Crippen LogP contribution < -0.4 is 0 Å². The normalized spacial score (nSPS) is 13.3. The summed E-state index contributed by atoms with van der Waals surface area (Å²) >= 11 is 0. The van der Waals surface area contributed by atoms with Crippen LogP contribution in [0.15, 0.2) is 59.4 Å². The highest BCUT2D eigenvalue weighted by atomic mass is 16.5. The van der Waals surface area contributed by atoms with Crippen LogP contribution in [0, 0.1) is 0 Å². The molecule has 8 heteroatoms. The van der Waals surface area contributed by atoms with Gasteiger partial charge in [-0.25, -0.2) is 0 Å². The summed E-state index contributed by atoms with van der Waals surface area (Å²) in [6.07, 6.45) is 5.10. The molecule has 8 nitrogen and oxygen atoms in total. The van der Waals surface area contributed by atoms with Crippen LogP contribution in [0.3, 0.4) is 0 Å². The lowest BCUT2D eigenvalue weighted by Gasteiger charge is -2.27. The fourth-order valence-corrected chi connectivity index (χ4v) is 3.97. The summed E-state index contributed by atoms with van der Waals surface area (Å²) in [6, 6.07) is 13.8. The Labute approximate surface area is 179 Å². The van der Waals surface area contributed by atoms with Gasteiger partial charge < -0.3 is 9.42 Å². The Balaban J connectivity index is 1.36. The lowest BCUT2D eigenvalue weighted by molar-refractivity contribution is -0.131. The third kappa shape index (κ3) is 3.96. The zero-order valence-corrected chi connectivity index (χ0v) is 17.2. The standard InChI is InChI=1S/C23H22N6O2/c1-28-19-9-11-29(21(30)13-17-8-5-10-24-14-17)15-18(19)22(26-28)23-25-20(27-31-23)12-16-6-3-2-4-7-16/h2-8,10,14H,9,11-13,15H2,1H3. The van der Waals surface area contributed by atoms with E-state index in [-0.39, 0.29) is 5.91 Å². The van der Waals surface area contributed by atoms with E-state index in [9.17, 15) is 4.79 Å². The van der Waals surface area contributed by atoms with Gasteiger partial charge in [0.2, 0.25) is 5.91 Å². The van der Waals surface area contributed by atoms with Crippen LogP contribution in [-0.2, 0) is 37.6 Å². The second-order valence-electron chi connectivity index (χ2n) is 7.68. The molecule has 1 aliphatic rings. The van der Waals surface area contributed by atoms with E-state index in [1.54, 1.807) is 12.4 Å². The first-order valence-corrected chi connectivity index (χ1v) is 10.3. The molecule has 0 spiro atoms. The first-order chi connectivity index (χ1) is 15.2.